The van der Waals surface area contributed by atoms with Crippen molar-refractivity contribution in [2.75, 3.05) is 11.3 Å². The molecule has 7 heteroatoms. The molecule has 0 unspecified atom stereocenters. The van der Waals surface area contributed by atoms with E-state index in [9.17, 15) is 8.42 Å². The Labute approximate surface area is 103 Å². The van der Waals surface area contributed by atoms with Gasteiger partial charge in [-0.2, -0.15) is 13.1 Å². The van der Waals surface area contributed by atoms with Crippen molar-refractivity contribution in [1.29, 1.82) is 0 Å². The zero-order valence-electron chi connectivity index (χ0n) is 8.20. The number of nitrogens with zero attached hydrogens (tertiary/aromatic N) is 1. The van der Waals surface area contributed by atoms with E-state index in [1.807, 2.05) is 6.92 Å². The fourth-order valence-corrected chi connectivity index (χ4v) is 2.11. The molecule has 0 atom stereocenters. The fourth-order valence-electron chi connectivity index (χ4n) is 0.846. The minimum absolute atomic E-state index is 0.319. The fraction of sp³-hybridized carbons (Fsp3) is 0.375. The quantitative estimate of drug-likeness (QED) is 0.794. The molecule has 0 amide bonds. The maximum atomic E-state index is 11.4. The minimum atomic E-state index is -3.47. The molecular weight excluding hydrogens is 329 g/mol. The predicted molar refractivity (Wildman–Crippen MR) is 67.8 cm³/mol. The second-order valence-corrected chi connectivity index (χ2v) is 5.61. The molecular formula is C8H12IN3O2S. The minimum Gasteiger partial charge on any atom is -0.255 e. The van der Waals surface area contributed by atoms with Gasteiger partial charge in [0.2, 0.25) is 0 Å². The second kappa shape index (κ2) is 5.61. The summed E-state index contributed by atoms with van der Waals surface area (Å²) in [5.74, 6) is 0.319. The van der Waals surface area contributed by atoms with Gasteiger partial charge < -0.3 is 0 Å². The number of rotatable bonds is 5. The molecule has 1 aromatic rings. The van der Waals surface area contributed by atoms with Crippen LogP contribution in [0.3, 0.4) is 0 Å². The lowest BCUT2D eigenvalue weighted by atomic mass is 10.5. The van der Waals surface area contributed by atoms with Gasteiger partial charge in [-0.15, -0.1) is 0 Å². The number of pyridine rings is 1. The maximum Gasteiger partial charge on any atom is 0.300 e. The Bertz CT molecular complexity index is 404. The van der Waals surface area contributed by atoms with Crippen molar-refractivity contribution in [3.05, 3.63) is 21.9 Å². The van der Waals surface area contributed by atoms with Crippen LogP contribution in [0.2, 0.25) is 0 Å². The predicted octanol–water partition coefficient (Wildman–Crippen LogP) is 1.34. The molecule has 0 aromatic carbocycles. The number of anilines is 1. The normalized spacial score (nSPS) is 11.3. The average Bonchev–Trinajstić information content (AvgIpc) is 2.18. The molecule has 0 spiro atoms. The molecule has 0 saturated heterocycles. The standard InChI is InChI=1S/C8H12IN3O2S/c1-2-5-11-15(13,14)12-8-4-3-7(9)6-10-8/h3-4,6,11H,2,5H2,1H3,(H,10,12). The van der Waals surface area contributed by atoms with Gasteiger partial charge in [0.25, 0.3) is 10.2 Å². The van der Waals surface area contributed by atoms with Gasteiger partial charge >= 0.3 is 0 Å². The van der Waals surface area contributed by atoms with Crippen molar-refractivity contribution in [3.63, 3.8) is 0 Å². The van der Waals surface area contributed by atoms with E-state index in [1.165, 1.54) is 0 Å². The lowest BCUT2D eigenvalue weighted by molar-refractivity contribution is 0.586. The van der Waals surface area contributed by atoms with E-state index in [1.54, 1.807) is 18.3 Å². The lowest BCUT2D eigenvalue weighted by Crippen LogP contribution is -2.30. The highest BCUT2D eigenvalue weighted by Gasteiger charge is 2.08. The molecule has 0 radical (unpaired) electrons. The zero-order valence-corrected chi connectivity index (χ0v) is 11.2. The van der Waals surface area contributed by atoms with E-state index in [-0.39, 0.29) is 0 Å². The Morgan fingerprint density at radius 3 is 2.73 bits per heavy atom. The van der Waals surface area contributed by atoms with Gasteiger partial charge in [-0.25, -0.2) is 4.98 Å². The summed E-state index contributed by atoms with van der Waals surface area (Å²) in [6.07, 6.45) is 2.35. The van der Waals surface area contributed by atoms with Crippen LogP contribution in [0.4, 0.5) is 5.82 Å². The monoisotopic (exact) mass is 341 g/mol. The highest BCUT2D eigenvalue weighted by atomic mass is 127. The summed E-state index contributed by atoms with van der Waals surface area (Å²) in [4.78, 5) is 3.93. The smallest absolute Gasteiger partial charge is 0.255 e. The summed E-state index contributed by atoms with van der Waals surface area (Å²) in [5.41, 5.74) is 0. The third-order valence-corrected chi connectivity index (χ3v) is 3.21. The van der Waals surface area contributed by atoms with Crippen LogP contribution >= 0.6 is 22.6 Å². The molecule has 5 nitrogen and oxygen atoms in total. The molecule has 1 aromatic heterocycles. The molecule has 0 aliphatic carbocycles. The van der Waals surface area contributed by atoms with Crippen molar-refractivity contribution in [2.45, 2.75) is 13.3 Å². The number of hydrogen-bond acceptors (Lipinski definition) is 3. The third kappa shape index (κ3) is 4.76. The second-order valence-electron chi connectivity index (χ2n) is 2.86. The number of aromatic nitrogens is 1. The topological polar surface area (TPSA) is 71.1 Å². The average molecular weight is 341 g/mol. The first kappa shape index (κ1) is 12.7. The third-order valence-electron chi connectivity index (χ3n) is 1.51. The summed E-state index contributed by atoms with van der Waals surface area (Å²) in [7, 11) is -3.47. The Morgan fingerprint density at radius 1 is 1.47 bits per heavy atom. The Morgan fingerprint density at radius 2 is 2.20 bits per heavy atom. The Balaban J connectivity index is 2.65. The molecule has 84 valence electrons. The molecule has 0 saturated carbocycles. The van der Waals surface area contributed by atoms with Gasteiger partial charge in [-0.1, -0.05) is 6.92 Å². The van der Waals surface area contributed by atoms with Crippen LogP contribution in [0.1, 0.15) is 13.3 Å². The lowest BCUT2D eigenvalue weighted by Gasteiger charge is -2.07. The van der Waals surface area contributed by atoms with E-state index in [0.29, 0.717) is 12.4 Å². The molecule has 0 bridgehead atoms. The first-order chi connectivity index (χ1) is 7.03. The summed E-state index contributed by atoms with van der Waals surface area (Å²) in [6.45, 7) is 2.31. The van der Waals surface area contributed by atoms with Crippen LogP contribution in [-0.4, -0.2) is 19.9 Å². The van der Waals surface area contributed by atoms with E-state index < -0.39 is 10.2 Å². The summed E-state index contributed by atoms with van der Waals surface area (Å²) < 4.78 is 28.4. The van der Waals surface area contributed by atoms with E-state index in [0.717, 1.165) is 9.99 Å². The van der Waals surface area contributed by atoms with Crippen molar-refractivity contribution < 1.29 is 8.42 Å². The number of halogens is 1. The molecule has 1 heterocycles. The number of nitrogens with one attached hydrogen (secondary N) is 2. The maximum absolute atomic E-state index is 11.4. The first-order valence-corrected chi connectivity index (χ1v) is 6.98. The van der Waals surface area contributed by atoms with Gasteiger partial charge in [-0.05, 0) is 41.1 Å². The summed E-state index contributed by atoms with van der Waals surface area (Å²) in [5, 5.41) is 0. The molecule has 0 aliphatic rings. The highest BCUT2D eigenvalue weighted by molar-refractivity contribution is 14.1. The molecule has 2 N–H and O–H groups in total. The van der Waals surface area contributed by atoms with Gasteiger partial charge in [-0.3, -0.25) is 4.72 Å². The van der Waals surface area contributed by atoms with Crippen molar-refractivity contribution >= 4 is 38.6 Å². The van der Waals surface area contributed by atoms with E-state index >= 15 is 0 Å². The van der Waals surface area contributed by atoms with Crippen molar-refractivity contribution in [1.82, 2.24) is 9.71 Å². The summed E-state index contributed by atoms with van der Waals surface area (Å²) >= 11 is 2.10. The van der Waals surface area contributed by atoms with Gasteiger partial charge in [0.1, 0.15) is 5.82 Å². The first-order valence-electron chi connectivity index (χ1n) is 4.42. The highest BCUT2D eigenvalue weighted by Crippen LogP contribution is 2.07. The van der Waals surface area contributed by atoms with E-state index in [2.05, 4.69) is 37.0 Å². The van der Waals surface area contributed by atoms with E-state index in [4.69, 9.17) is 0 Å². The molecule has 0 aliphatic heterocycles. The molecule has 0 fully saturated rings. The van der Waals surface area contributed by atoms with Crippen molar-refractivity contribution in [3.8, 4) is 0 Å². The molecule has 15 heavy (non-hydrogen) atoms. The SMILES string of the molecule is CCCNS(=O)(=O)Nc1ccc(I)cn1. The van der Waals surface area contributed by atoms with Gasteiger partial charge in [0.05, 0.1) is 0 Å². The van der Waals surface area contributed by atoms with Gasteiger partial charge in [0.15, 0.2) is 0 Å². The van der Waals surface area contributed by atoms with Crippen LogP contribution < -0.4 is 9.44 Å². The zero-order chi connectivity index (χ0) is 11.3. The van der Waals surface area contributed by atoms with Crippen LogP contribution in [0.15, 0.2) is 18.3 Å². The van der Waals surface area contributed by atoms with Crippen LogP contribution in [0.25, 0.3) is 0 Å². The van der Waals surface area contributed by atoms with Crippen LogP contribution in [-0.2, 0) is 10.2 Å². The molecule has 1 rings (SSSR count). The van der Waals surface area contributed by atoms with Crippen molar-refractivity contribution in [2.24, 2.45) is 0 Å². The largest absolute Gasteiger partial charge is 0.300 e. The number of hydrogen-bond donors (Lipinski definition) is 2. The van der Waals surface area contributed by atoms with Crippen LogP contribution in [0.5, 0.6) is 0 Å². The Kier molecular flexibility index (Phi) is 4.74. The Hall–Kier alpha value is -0.410. The summed E-state index contributed by atoms with van der Waals surface area (Å²) in [6, 6.07) is 3.40. The van der Waals surface area contributed by atoms with Crippen LogP contribution in [0, 0.1) is 3.57 Å². The van der Waals surface area contributed by atoms with Gasteiger partial charge in [0, 0.05) is 16.3 Å².